The average Bonchev–Trinajstić information content (AvgIpc) is 2.43. The molecule has 0 bridgehead atoms. The van der Waals surface area contributed by atoms with Crippen molar-refractivity contribution in [3.05, 3.63) is 27.6 Å². The quantitative estimate of drug-likeness (QED) is 0.649. The smallest absolute Gasteiger partial charge is 0.121 e. The van der Waals surface area contributed by atoms with E-state index in [1.807, 2.05) is 0 Å². The molecule has 0 aliphatic rings. The minimum absolute atomic E-state index is 0.469. The van der Waals surface area contributed by atoms with Gasteiger partial charge in [0.1, 0.15) is 5.82 Å². The van der Waals surface area contributed by atoms with Crippen LogP contribution in [0.3, 0.4) is 0 Å². The third-order valence-corrected chi connectivity index (χ3v) is 3.79. The number of rotatable bonds is 1. The second kappa shape index (κ2) is 3.96. The van der Waals surface area contributed by atoms with E-state index in [1.54, 1.807) is 0 Å². The lowest BCUT2D eigenvalue weighted by Crippen LogP contribution is -1.94. The Balaban J connectivity index is 2.73. The Kier molecular flexibility index (Phi) is 3.01. The molecule has 2 rings (SSSR count). The van der Waals surface area contributed by atoms with Gasteiger partial charge in [0.05, 0.1) is 33.9 Å². The highest BCUT2D eigenvalue weighted by atomic mass is 127. The van der Waals surface area contributed by atoms with Crippen molar-refractivity contribution in [3.8, 4) is 0 Å². The van der Waals surface area contributed by atoms with Crippen LogP contribution in [-0.2, 0) is 0 Å². The van der Waals surface area contributed by atoms with E-state index < -0.39 is 0 Å². The van der Waals surface area contributed by atoms with Crippen LogP contribution in [0.4, 0.5) is 0 Å². The molecule has 14 heavy (non-hydrogen) atoms. The van der Waals surface area contributed by atoms with Gasteiger partial charge in [-0.05, 0) is 40.8 Å². The SMILES string of the molecule is CC(C)c1nc2cc(I)ccc2n1I. The number of imidazole rings is 1. The minimum Gasteiger partial charge on any atom is -0.268 e. The summed E-state index contributed by atoms with van der Waals surface area (Å²) in [6.07, 6.45) is 0. The van der Waals surface area contributed by atoms with Gasteiger partial charge in [0.15, 0.2) is 0 Å². The lowest BCUT2D eigenvalue weighted by atomic mass is 10.2. The van der Waals surface area contributed by atoms with Gasteiger partial charge in [-0.25, -0.2) is 4.98 Å². The van der Waals surface area contributed by atoms with E-state index in [0.717, 1.165) is 11.3 Å². The van der Waals surface area contributed by atoms with E-state index in [4.69, 9.17) is 0 Å². The van der Waals surface area contributed by atoms with Gasteiger partial charge in [-0.3, -0.25) is 2.78 Å². The third kappa shape index (κ3) is 1.78. The molecule has 1 aromatic heterocycles. The molecule has 0 aliphatic heterocycles. The van der Waals surface area contributed by atoms with Crippen LogP contribution in [0.5, 0.6) is 0 Å². The van der Waals surface area contributed by atoms with Crippen molar-refractivity contribution in [2.24, 2.45) is 0 Å². The van der Waals surface area contributed by atoms with Gasteiger partial charge < -0.3 is 0 Å². The molecule has 0 fully saturated rings. The summed E-state index contributed by atoms with van der Waals surface area (Å²) in [5.41, 5.74) is 2.30. The molecule has 0 amide bonds. The van der Waals surface area contributed by atoms with E-state index >= 15 is 0 Å². The van der Waals surface area contributed by atoms with Gasteiger partial charge in [-0.2, -0.15) is 0 Å². The summed E-state index contributed by atoms with van der Waals surface area (Å²) in [6, 6.07) is 6.36. The standard InChI is InChI=1S/C10H10I2N2/c1-6(2)10-13-8-5-7(11)3-4-9(8)14(10)12/h3-6H,1-2H3. The monoisotopic (exact) mass is 412 g/mol. The Bertz CT molecular complexity index is 474. The third-order valence-electron chi connectivity index (χ3n) is 2.10. The highest BCUT2D eigenvalue weighted by molar-refractivity contribution is 14.1. The zero-order valence-electron chi connectivity index (χ0n) is 7.96. The van der Waals surface area contributed by atoms with Crippen molar-refractivity contribution < 1.29 is 0 Å². The second-order valence-corrected chi connectivity index (χ2v) is 5.75. The molecule has 0 saturated heterocycles. The molecule has 1 aromatic carbocycles. The van der Waals surface area contributed by atoms with Crippen LogP contribution < -0.4 is 0 Å². The van der Waals surface area contributed by atoms with Crippen LogP contribution in [0.15, 0.2) is 18.2 Å². The Morgan fingerprint density at radius 3 is 2.71 bits per heavy atom. The summed E-state index contributed by atoms with van der Waals surface area (Å²) < 4.78 is 3.38. The molecule has 0 radical (unpaired) electrons. The molecule has 4 heteroatoms. The normalized spacial score (nSPS) is 11.5. The molecule has 1 heterocycles. The Labute approximate surface area is 111 Å². The zero-order chi connectivity index (χ0) is 10.3. The van der Waals surface area contributed by atoms with E-state index in [2.05, 4.69) is 85.3 Å². The molecular weight excluding hydrogens is 402 g/mol. The number of aromatic nitrogens is 2. The molecule has 2 aromatic rings. The molecule has 0 saturated carbocycles. The first kappa shape index (κ1) is 10.7. The van der Waals surface area contributed by atoms with Crippen molar-refractivity contribution >= 4 is 56.5 Å². The second-order valence-electron chi connectivity index (χ2n) is 3.54. The van der Waals surface area contributed by atoms with Gasteiger partial charge in [0, 0.05) is 9.49 Å². The van der Waals surface area contributed by atoms with Crippen molar-refractivity contribution in [3.63, 3.8) is 0 Å². The molecule has 0 N–H and O–H groups in total. The van der Waals surface area contributed by atoms with Crippen LogP contribution in [0.25, 0.3) is 11.0 Å². The number of fused-ring (bicyclic) bond motifs is 1. The van der Waals surface area contributed by atoms with Gasteiger partial charge in [0.2, 0.25) is 0 Å². The fraction of sp³-hybridized carbons (Fsp3) is 0.300. The average molecular weight is 412 g/mol. The van der Waals surface area contributed by atoms with Gasteiger partial charge in [-0.1, -0.05) is 13.8 Å². The number of benzene rings is 1. The first-order valence-electron chi connectivity index (χ1n) is 4.43. The van der Waals surface area contributed by atoms with E-state index in [-0.39, 0.29) is 0 Å². The molecule has 0 spiro atoms. The molecule has 0 atom stereocenters. The predicted molar refractivity (Wildman–Crippen MR) is 76.0 cm³/mol. The van der Waals surface area contributed by atoms with Crippen molar-refractivity contribution in [2.45, 2.75) is 19.8 Å². The summed E-state index contributed by atoms with van der Waals surface area (Å²) in [6.45, 7) is 4.34. The van der Waals surface area contributed by atoms with Crippen molar-refractivity contribution in [2.75, 3.05) is 0 Å². The first-order chi connectivity index (χ1) is 6.59. The van der Waals surface area contributed by atoms with E-state index in [1.165, 1.54) is 9.09 Å². The molecule has 74 valence electrons. The highest BCUT2D eigenvalue weighted by Gasteiger charge is 2.11. The van der Waals surface area contributed by atoms with Gasteiger partial charge in [0.25, 0.3) is 0 Å². The summed E-state index contributed by atoms with van der Waals surface area (Å²) in [7, 11) is 0. The number of hydrogen-bond donors (Lipinski definition) is 0. The lowest BCUT2D eigenvalue weighted by Gasteiger charge is -2.02. The lowest BCUT2D eigenvalue weighted by molar-refractivity contribution is 0.793. The maximum absolute atomic E-state index is 4.62. The van der Waals surface area contributed by atoms with Gasteiger partial charge >= 0.3 is 0 Å². The molecule has 0 unspecified atom stereocenters. The summed E-state index contributed by atoms with van der Waals surface area (Å²) in [5.74, 6) is 1.61. The fourth-order valence-corrected chi connectivity index (χ4v) is 2.95. The Morgan fingerprint density at radius 1 is 1.36 bits per heavy atom. The highest BCUT2D eigenvalue weighted by Crippen LogP contribution is 2.25. The molecular formula is C10H10I2N2. The zero-order valence-corrected chi connectivity index (χ0v) is 12.3. The van der Waals surface area contributed by atoms with Gasteiger partial charge in [-0.15, -0.1) is 0 Å². The van der Waals surface area contributed by atoms with Crippen LogP contribution >= 0.6 is 45.5 Å². The van der Waals surface area contributed by atoms with Crippen molar-refractivity contribution in [1.82, 2.24) is 7.76 Å². The van der Waals surface area contributed by atoms with Crippen LogP contribution in [0.2, 0.25) is 0 Å². The fourth-order valence-electron chi connectivity index (χ4n) is 1.40. The topological polar surface area (TPSA) is 17.8 Å². The van der Waals surface area contributed by atoms with Crippen LogP contribution in [-0.4, -0.2) is 7.76 Å². The molecule has 0 aliphatic carbocycles. The van der Waals surface area contributed by atoms with E-state index in [9.17, 15) is 0 Å². The Morgan fingerprint density at radius 2 is 2.07 bits per heavy atom. The minimum atomic E-state index is 0.469. The number of halogens is 2. The summed E-state index contributed by atoms with van der Waals surface area (Å²) >= 11 is 4.63. The maximum atomic E-state index is 4.62. The largest absolute Gasteiger partial charge is 0.268 e. The van der Waals surface area contributed by atoms with E-state index in [0.29, 0.717) is 5.92 Å². The molecule has 2 nitrogen and oxygen atoms in total. The van der Waals surface area contributed by atoms with Crippen molar-refractivity contribution in [1.29, 1.82) is 0 Å². The number of nitrogens with zero attached hydrogens (tertiary/aromatic N) is 2. The first-order valence-corrected chi connectivity index (χ1v) is 6.48. The predicted octanol–water partition coefficient (Wildman–Crippen LogP) is 3.96. The maximum Gasteiger partial charge on any atom is 0.121 e. The van der Waals surface area contributed by atoms with Crippen LogP contribution in [0.1, 0.15) is 25.6 Å². The summed E-state index contributed by atoms with van der Waals surface area (Å²) in [4.78, 5) is 4.62. The number of hydrogen-bond acceptors (Lipinski definition) is 1. The van der Waals surface area contributed by atoms with Crippen LogP contribution in [0, 0.1) is 3.57 Å². The Hall–Kier alpha value is 0.150. The summed E-state index contributed by atoms with van der Waals surface area (Å²) in [5, 5.41) is 0.